The average Bonchev–Trinajstić information content (AvgIpc) is 2.86. The minimum atomic E-state index is 0.146. The van der Waals surface area contributed by atoms with Crippen molar-refractivity contribution < 1.29 is 4.42 Å². The predicted molar refractivity (Wildman–Crippen MR) is 70.1 cm³/mol. The first-order valence-electron chi connectivity index (χ1n) is 5.72. The quantitative estimate of drug-likeness (QED) is 0.904. The van der Waals surface area contributed by atoms with Gasteiger partial charge in [-0.2, -0.15) is 0 Å². The van der Waals surface area contributed by atoms with Gasteiger partial charge < -0.3 is 9.73 Å². The van der Waals surface area contributed by atoms with Gasteiger partial charge in [-0.05, 0) is 6.07 Å². The molecular formula is C13H18N2OS. The third-order valence-corrected chi connectivity index (χ3v) is 3.73. The Hall–Kier alpha value is -1.13. The minimum Gasteiger partial charge on any atom is -0.472 e. The van der Waals surface area contributed by atoms with Crippen LogP contribution in [0.15, 0.2) is 28.4 Å². The number of thiazole rings is 1. The van der Waals surface area contributed by atoms with Crippen molar-refractivity contribution in [3.8, 4) is 0 Å². The number of hydrogen-bond acceptors (Lipinski definition) is 4. The van der Waals surface area contributed by atoms with Crippen LogP contribution in [-0.4, -0.2) is 4.98 Å². The van der Waals surface area contributed by atoms with E-state index in [1.165, 1.54) is 5.01 Å². The smallest absolute Gasteiger partial charge is 0.0982 e. The molecule has 0 saturated heterocycles. The lowest BCUT2D eigenvalue weighted by molar-refractivity contribution is 0.559. The molecule has 0 aliphatic heterocycles. The molecule has 2 aromatic rings. The lowest BCUT2D eigenvalue weighted by Crippen LogP contribution is -2.14. The van der Waals surface area contributed by atoms with Crippen LogP contribution in [0.5, 0.6) is 0 Å². The molecule has 0 saturated carbocycles. The van der Waals surface area contributed by atoms with Crippen LogP contribution in [0.4, 0.5) is 0 Å². The summed E-state index contributed by atoms with van der Waals surface area (Å²) < 4.78 is 5.01. The van der Waals surface area contributed by atoms with E-state index >= 15 is 0 Å². The maximum atomic E-state index is 5.01. The Morgan fingerprint density at radius 2 is 2.18 bits per heavy atom. The van der Waals surface area contributed by atoms with E-state index in [-0.39, 0.29) is 5.41 Å². The van der Waals surface area contributed by atoms with E-state index < -0.39 is 0 Å². The standard InChI is InChI=1S/C13H18N2OS/c1-13(2,3)12-15-11(9-17-12)7-14-6-10-4-5-16-8-10/h4-5,8-9,14H,6-7H2,1-3H3. The molecule has 0 bridgehead atoms. The summed E-state index contributed by atoms with van der Waals surface area (Å²) in [4.78, 5) is 4.63. The van der Waals surface area contributed by atoms with E-state index in [2.05, 4.69) is 36.5 Å². The molecule has 0 aliphatic rings. The SMILES string of the molecule is CC(C)(C)c1nc(CNCc2ccoc2)cs1. The highest BCUT2D eigenvalue weighted by molar-refractivity contribution is 7.09. The van der Waals surface area contributed by atoms with Crippen molar-refractivity contribution in [1.82, 2.24) is 10.3 Å². The normalized spacial score (nSPS) is 11.9. The first kappa shape index (κ1) is 12.3. The molecular weight excluding hydrogens is 232 g/mol. The molecule has 0 atom stereocenters. The molecule has 2 heterocycles. The second kappa shape index (κ2) is 5.02. The zero-order chi connectivity index (χ0) is 12.3. The van der Waals surface area contributed by atoms with Crippen LogP contribution in [0.1, 0.15) is 37.0 Å². The summed E-state index contributed by atoms with van der Waals surface area (Å²) in [6.45, 7) is 8.19. The lowest BCUT2D eigenvalue weighted by Gasteiger charge is -2.13. The van der Waals surface area contributed by atoms with E-state index in [0.717, 1.165) is 24.3 Å². The number of aromatic nitrogens is 1. The molecule has 2 rings (SSSR count). The molecule has 0 radical (unpaired) electrons. The number of furan rings is 1. The maximum absolute atomic E-state index is 5.01. The van der Waals surface area contributed by atoms with Crippen LogP contribution >= 0.6 is 11.3 Å². The average molecular weight is 250 g/mol. The summed E-state index contributed by atoms with van der Waals surface area (Å²) >= 11 is 1.73. The van der Waals surface area contributed by atoms with E-state index in [1.807, 2.05) is 6.07 Å². The Morgan fingerprint density at radius 1 is 1.35 bits per heavy atom. The van der Waals surface area contributed by atoms with Crippen LogP contribution in [0.2, 0.25) is 0 Å². The lowest BCUT2D eigenvalue weighted by atomic mass is 9.98. The monoisotopic (exact) mass is 250 g/mol. The topological polar surface area (TPSA) is 38.1 Å². The summed E-state index contributed by atoms with van der Waals surface area (Å²) in [5, 5.41) is 6.67. The molecule has 0 fully saturated rings. The molecule has 17 heavy (non-hydrogen) atoms. The number of rotatable bonds is 4. The highest BCUT2D eigenvalue weighted by Gasteiger charge is 2.17. The Kier molecular flexibility index (Phi) is 3.64. The second-order valence-electron chi connectivity index (χ2n) is 5.13. The van der Waals surface area contributed by atoms with Gasteiger partial charge in [0.15, 0.2) is 0 Å². The fourth-order valence-corrected chi connectivity index (χ4v) is 2.37. The second-order valence-corrected chi connectivity index (χ2v) is 5.99. The molecule has 0 spiro atoms. The van der Waals surface area contributed by atoms with Gasteiger partial charge in [0.2, 0.25) is 0 Å². The van der Waals surface area contributed by atoms with Gasteiger partial charge in [-0.3, -0.25) is 0 Å². The molecule has 3 nitrogen and oxygen atoms in total. The number of hydrogen-bond donors (Lipinski definition) is 1. The third-order valence-electron chi connectivity index (χ3n) is 2.41. The Morgan fingerprint density at radius 3 is 2.76 bits per heavy atom. The summed E-state index contributed by atoms with van der Waals surface area (Å²) in [7, 11) is 0. The van der Waals surface area contributed by atoms with Crippen molar-refractivity contribution in [1.29, 1.82) is 0 Å². The highest BCUT2D eigenvalue weighted by atomic mass is 32.1. The van der Waals surface area contributed by atoms with Gasteiger partial charge >= 0.3 is 0 Å². The Bertz CT molecular complexity index is 454. The largest absolute Gasteiger partial charge is 0.472 e. The van der Waals surface area contributed by atoms with Crippen LogP contribution in [0, 0.1) is 0 Å². The highest BCUT2D eigenvalue weighted by Crippen LogP contribution is 2.25. The van der Waals surface area contributed by atoms with Gasteiger partial charge in [0, 0.05) is 29.4 Å². The maximum Gasteiger partial charge on any atom is 0.0982 e. The minimum absolute atomic E-state index is 0.146. The van der Waals surface area contributed by atoms with Gasteiger partial charge in [0.1, 0.15) is 0 Å². The molecule has 4 heteroatoms. The molecule has 0 amide bonds. The van der Waals surface area contributed by atoms with Crippen molar-refractivity contribution in [3.05, 3.63) is 40.2 Å². The molecule has 2 aromatic heterocycles. The van der Waals surface area contributed by atoms with Crippen LogP contribution in [0.3, 0.4) is 0 Å². The first-order chi connectivity index (χ1) is 8.05. The van der Waals surface area contributed by atoms with Crippen molar-refractivity contribution in [2.45, 2.75) is 39.3 Å². The van der Waals surface area contributed by atoms with Gasteiger partial charge in [-0.1, -0.05) is 20.8 Å². The van der Waals surface area contributed by atoms with Gasteiger partial charge in [0.05, 0.1) is 23.2 Å². The molecule has 0 aromatic carbocycles. The van der Waals surface area contributed by atoms with Crippen molar-refractivity contribution in [2.24, 2.45) is 0 Å². The predicted octanol–water partition coefficient (Wildman–Crippen LogP) is 3.32. The summed E-state index contributed by atoms with van der Waals surface area (Å²) in [6.07, 6.45) is 3.45. The van der Waals surface area contributed by atoms with Crippen molar-refractivity contribution in [3.63, 3.8) is 0 Å². The van der Waals surface area contributed by atoms with Crippen molar-refractivity contribution in [2.75, 3.05) is 0 Å². The molecule has 0 unspecified atom stereocenters. The fourth-order valence-electron chi connectivity index (χ4n) is 1.46. The molecule has 0 aliphatic carbocycles. The number of nitrogens with one attached hydrogen (secondary N) is 1. The Labute approximate surface area is 106 Å². The fraction of sp³-hybridized carbons (Fsp3) is 0.462. The van der Waals surface area contributed by atoms with Gasteiger partial charge in [-0.25, -0.2) is 4.98 Å². The summed E-state index contributed by atoms with van der Waals surface area (Å²) in [6, 6.07) is 1.97. The van der Waals surface area contributed by atoms with Crippen molar-refractivity contribution >= 4 is 11.3 Å². The van der Waals surface area contributed by atoms with E-state index in [0.29, 0.717) is 0 Å². The van der Waals surface area contributed by atoms with Gasteiger partial charge in [-0.15, -0.1) is 11.3 Å². The summed E-state index contributed by atoms with van der Waals surface area (Å²) in [5.41, 5.74) is 2.42. The van der Waals surface area contributed by atoms with Crippen LogP contribution in [0.25, 0.3) is 0 Å². The third kappa shape index (κ3) is 3.41. The van der Waals surface area contributed by atoms with E-state index in [4.69, 9.17) is 4.42 Å². The molecule has 92 valence electrons. The number of nitrogens with zero attached hydrogens (tertiary/aromatic N) is 1. The Balaban J connectivity index is 1.85. The zero-order valence-electron chi connectivity index (χ0n) is 10.5. The van der Waals surface area contributed by atoms with Crippen LogP contribution in [-0.2, 0) is 18.5 Å². The zero-order valence-corrected chi connectivity index (χ0v) is 11.3. The first-order valence-corrected chi connectivity index (χ1v) is 6.60. The van der Waals surface area contributed by atoms with E-state index in [9.17, 15) is 0 Å². The van der Waals surface area contributed by atoms with Gasteiger partial charge in [0.25, 0.3) is 0 Å². The molecule has 1 N–H and O–H groups in total. The van der Waals surface area contributed by atoms with E-state index in [1.54, 1.807) is 23.9 Å². The summed E-state index contributed by atoms with van der Waals surface area (Å²) in [5.74, 6) is 0. The van der Waals surface area contributed by atoms with Crippen LogP contribution < -0.4 is 5.32 Å².